The van der Waals surface area contributed by atoms with Gasteiger partial charge in [-0.3, -0.25) is 4.98 Å². The van der Waals surface area contributed by atoms with E-state index in [2.05, 4.69) is 77.1 Å². The van der Waals surface area contributed by atoms with Gasteiger partial charge in [-0.25, -0.2) is 0 Å². The number of aryl methyl sites for hydroxylation is 1. The number of nitrogens with one attached hydrogen (secondary N) is 1. The number of halogens is 1. The second-order valence-electron chi connectivity index (χ2n) is 5.04. The Morgan fingerprint density at radius 1 is 1.20 bits per heavy atom. The van der Waals surface area contributed by atoms with Gasteiger partial charge in [0.05, 0.1) is 0 Å². The molecule has 1 heterocycles. The molecular formula is C17H21IN2. The molecule has 20 heavy (non-hydrogen) atoms. The summed E-state index contributed by atoms with van der Waals surface area (Å²) in [5.41, 5.74) is 4.07. The second kappa shape index (κ2) is 7.74. The van der Waals surface area contributed by atoms with E-state index in [4.69, 9.17) is 0 Å². The molecule has 1 atom stereocenters. The largest absolute Gasteiger partial charge is 0.310 e. The zero-order chi connectivity index (χ0) is 14.4. The molecule has 1 unspecified atom stereocenters. The average Bonchev–Trinajstić information content (AvgIpc) is 2.48. The summed E-state index contributed by atoms with van der Waals surface area (Å²) in [5.74, 6) is 0. The van der Waals surface area contributed by atoms with Crippen molar-refractivity contribution in [3.8, 4) is 0 Å². The molecule has 1 N–H and O–H groups in total. The molecule has 0 aliphatic heterocycles. The molecule has 3 heteroatoms. The van der Waals surface area contributed by atoms with Crippen LogP contribution in [0, 0.1) is 10.5 Å². The highest BCUT2D eigenvalue weighted by molar-refractivity contribution is 14.1. The Labute approximate surface area is 135 Å². The summed E-state index contributed by atoms with van der Waals surface area (Å²) in [5, 5.41) is 3.68. The minimum Gasteiger partial charge on any atom is -0.310 e. The molecule has 2 nitrogen and oxygen atoms in total. The van der Waals surface area contributed by atoms with E-state index >= 15 is 0 Å². The first-order valence-electron chi connectivity index (χ1n) is 7.09. The van der Waals surface area contributed by atoms with Crippen LogP contribution in [0.5, 0.6) is 0 Å². The van der Waals surface area contributed by atoms with Crippen molar-refractivity contribution in [3.05, 3.63) is 63.0 Å². The number of rotatable bonds is 6. The number of pyridine rings is 1. The minimum absolute atomic E-state index is 0.365. The normalized spacial score (nSPS) is 12.3. The third-order valence-electron chi connectivity index (χ3n) is 3.43. The van der Waals surface area contributed by atoms with Crippen LogP contribution in [-0.4, -0.2) is 11.5 Å². The molecule has 1 aromatic heterocycles. The first kappa shape index (κ1) is 15.4. The summed E-state index contributed by atoms with van der Waals surface area (Å²) in [6, 6.07) is 11.1. The summed E-state index contributed by atoms with van der Waals surface area (Å²) in [4.78, 5) is 4.10. The lowest BCUT2D eigenvalue weighted by Crippen LogP contribution is -2.25. The van der Waals surface area contributed by atoms with Crippen LogP contribution in [-0.2, 0) is 6.42 Å². The summed E-state index contributed by atoms with van der Waals surface area (Å²) in [7, 11) is 0. The van der Waals surface area contributed by atoms with Crippen LogP contribution in [0.2, 0.25) is 0 Å². The van der Waals surface area contributed by atoms with Crippen molar-refractivity contribution in [1.29, 1.82) is 0 Å². The molecule has 0 spiro atoms. The molecule has 0 amide bonds. The Bertz CT molecular complexity index is 540. The number of benzene rings is 1. The molecular weight excluding hydrogens is 359 g/mol. The van der Waals surface area contributed by atoms with E-state index in [0.717, 1.165) is 19.4 Å². The van der Waals surface area contributed by atoms with Gasteiger partial charge in [0, 0.05) is 22.0 Å². The zero-order valence-corrected chi connectivity index (χ0v) is 14.2. The summed E-state index contributed by atoms with van der Waals surface area (Å²) in [6.45, 7) is 5.42. The Morgan fingerprint density at radius 2 is 1.95 bits per heavy atom. The Kier molecular flexibility index (Phi) is 5.98. The third kappa shape index (κ3) is 4.03. The lowest BCUT2D eigenvalue weighted by Gasteiger charge is -2.21. The van der Waals surface area contributed by atoms with Crippen molar-refractivity contribution in [2.75, 3.05) is 6.54 Å². The van der Waals surface area contributed by atoms with Crippen LogP contribution >= 0.6 is 22.6 Å². The fourth-order valence-electron chi connectivity index (χ4n) is 2.30. The molecule has 0 radical (unpaired) electrons. The number of aromatic nitrogens is 1. The van der Waals surface area contributed by atoms with E-state index in [1.54, 1.807) is 0 Å². The van der Waals surface area contributed by atoms with Crippen LogP contribution in [0.15, 0.2) is 42.7 Å². The number of hydrogen-bond donors (Lipinski definition) is 1. The van der Waals surface area contributed by atoms with Crippen molar-refractivity contribution in [3.63, 3.8) is 0 Å². The Balaban J connectivity index is 2.25. The topological polar surface area (TPSA) is 24.9 Å². The van der Waals surface area contributed by atoms with Gasteiger partial charge in [-0.2, -0.15) is 0 Å². The average molecular weight is 380 g/mol. The molecule has 0 aliphatic carbocycles. The van der Waals surface area contributed by atoms with Gasteiger partial charge in [0.15, 0.2) is 0 Å². The van der Waals surface area contributed by atoms with Crippen LogP contribution < -0.4 is 5.32 Å². The van der Waals surface area contributed by atoms with Crippen molar-refractivity contribution in [2.24, 2.45) is 0 Å². The fourth-order valence-corrected chi connectivity index (χ4v) is 3.04. The van der Waals surface area contributed by atoms with Gasteiger partial charge >= 0.3 is 0 Å². The van der Waals surface area contributed by atoms with Gasteiger partial charge in [0.25, 0.3) is 0 Å². The van der Waals surface area contributed by atoms with Crippen LogP contribution in [0.4, 0.5) is 0 Å². The quantitative estimate of drug-likeness (QED) is 0.757. The van der Waals surface area contributed by atoms with Gasteiger partial charge in [-0.05, 0) is 77.7 Å². The highest BCUT2D eigenvalue weighted by Crippen LogP contribution is 2.25. The van der Waals surface area contributed by atoms with E-state index in [-0.39, 0.29) is 0 Å². The zero-order valence-electron chi connectivity index (χ0n) is 12.1. The maximum atomic E-state index is 4.10. The first-order chi connectivity index (χ1) is 9.72. The van der Waals surface area contributed by atoms with E-state index in [0.29, 0.717) is 6.04 Å². The van der Waals surface area contributed by atoms with Gasteiger partial charge in [-0.15, -0.1) is 0 Å². The Hall–Kier alpha value is -0.940. The molecule has 0 saturated carbocycles. The molecule has 0 aliphatic rings. The molecule has 0 bridgehead atoms. The maximum Gasteiger partial charge on any atom is 0.0371 e. The number of nitrogens with zero attached hydrogens (tertiary/aromatic N) is 1. The predicted molar refractivity (Wildman–Crippen MR) is 92.9 cm³/mol. The smallest absolute Gasteiger partial charge is 0.0371 e. The third-order valence-corrected chi connectivity index (χ3v) is 4.90. The van der Waals surface area contributed by atoms with Crippen molar-refractivity contribution in [1.82, 2.24) is 10.3 Å². The van der Waals surface area contributed by atoms with Gasteiger partial charge in [0.2, 0.25) is 0 Å². The van der Waals surface area contributed by atoms with Crippen molar-refractivity contribution >= 4 is 22.6 Å². The van der Waals surface area contributed by atoms with Crippen molar-refractivity contribution < 1.29 is 0 Å². The minimum atomic E-state index is 0.365. The first-order valence-corrected chi connectivity index (χ1v) is 8.17. The van der Waals surface area contributed by atoms with Gasteiger partial charge in [-0.1, -0.05) is 25.1 Å². The van der Waals surface area contributed by atoms with Gasteiger partial charge in [0.1, 0.15) is 0 Å². The Morgan fingerprint density at radius 3 is 2.65 bits per heavy atom. The number of hydrogen-bond acceptors (Lipinski definition) is 2. The maximum absolute atomic E-state index is 4.10. The molecule has 106 valence electrons. The molecule has 2 rings (SSSR count). The lowest BCUT2D eigenvalue weighted by molar-refractivity contribution is 0.527. The summed E-state index contributed by atoms with van der Waals surface area (Å²) >= 11 is 2.46. The summed E-state index contributed by atoms with van der Waals surface area (Å²) < 4.78 is 1.37. The molecule has 0 fully saturated rings. The van der Waals surface area contributed by atoms with Gasteiger partial charge < -0.3 is 5.32 Å². The van der Waals surface area contributed by atoms with Crippen molar-refractivity contribution in [2.45, 2.75) is 32.7 Å². The molecule has 1 aromatic carbocycles. The van der Waals surface area contributed by atoms with E-state index in [1.807, 2.05) is 12.4 Å². The van der Waals surface area contributed by atoms with E-state index in [9.17, 15) is 0 Å². The fraction of sp³-hybridized carbons (Fsp3) is 0.353. The molecule has 0 saturated heterocycles. The molecule has 2 aromatic rings. The standard InChI is InChI=1S/C17H21IN2/c1-3-9-20-16(12-14-7-10-19-11-8-14)15-6-4-5-13(2)17(15)18/h4-8,10-11,16,20H,3,9,12H2,1-2H3. The van der Waals surface area contributed by atoms with Crippen LogP contribution in [0.25, 0.3) is 0 Å². The lowest BCUT2D eigenvalue weighted by atomic mass is 9.98. The predicted octanol–water partition coefficient (Wildman–Crippen LogP) is 4.28. The SMILES string of the molecule is CCCNC(Cc1ccncc1)c1cccc(C)c1I. The highest BCUT2D eigenvalue weighted by atomic mass is 127. The van der Waals surface area contributed by atoms with E-state index < -0.39 is 0 Å². The summed E-state index contributed by atoms with van der Waals surface area (Å²) in [6.07, 6.45) is 5.89. The monoisotopic (exact) mass is 380 g/mol. The highest BCUT2D eigenvalue weighted by Gasteiger charge is 2.15. The van der Waals surface area contributed by atoms with Crippen LogP contribution in [0.3, 0.4) is 0 Å². The van der Waals surface area contributed by atoms with E-state index in [1.165, 1.54) is 20.3 Å². The second-order valence-corrected chi connectivity index (χ2v) is 6.12. The van der Waals surface area contributed by atoms with Crippen LogP contribution in [0.1, 0.15) is 36.1 Å².